The second-order valence-corrected chi connectivity index (χ2v) is 7.93. The second-order valence-electron chi connectivity index (χ2n) is 6.98. The maximum absolute atomic E-state index is 12.7. The Morgan fingerprint density at radius 3 is 2.73 bits per heavy atom. The average Bonchev–Trinajstić information content (AvgIpc) is 3.31. The number of aryl methyl sites for hydroxylation is 1. The van der Waals surface area contributed by atoms with Crippen LogP contribution >= 0.6 is 36.2 Å². The summed E-state index contributed by atoms with van der Waals surface area (Å²) < 4.78 is 5.74. The van der Waals surface area contributed by atoms with E-state index in [1.807, 2.05) is 29.3 Å². The lowest BCUT2D eigenvalue weighted by molar-refractivity contribution is -0.132. The van der Waals surface area contributed by atoms with Gasteiger partial charge in [-0.2, -0.15) is 0 Å². The number of piperidine rings is 1. The van der Waals surface area contributed by atoms with Crippen LogP contribution in [0, 0.1) is 12.3 Å². The van der Waals surface area contributed by atoms with Crippen molar-refractivity contribution in [2.24, 2.45) is 5.41 Å². The summed E-state index contributed by atoms with van der Waals surface area (Å²) in [4.78, 5) is 20.2. The predicted octanol–water partition coefficient (Wildman–Crippen LogP) is 3.70. The average molecular weight is 418 g/mol. The molecule has 1 amide bonds. The zero-order valence-corrected chi connectivity index (χ0v) is 17.3. The number of rotatable bonds is 3. The molecule has 0 radical (unpaired) electrons. The molecule has 0 saturated carbocycles. The number of carbonyl (C=O) groups excluding carboxylic acids is 1. The molecule has 1 spiro atoms. The number of nitrogens with zero attached hydrogens (tertiary/aromatic N) is 2. The second kappa shape index (κ2) is 8.74. The molecule has 0 bridgehead atoms. The molecule has 2 aliphatic heterocycles. The summed E-state index contributed by atoms with van der Waals surface area (Å²) in [5.41, 5.74) is 1.21. The van der Waals surface area contributed by atoms with Crippen LogP contribution in [-0.2, 0) is 11.2 Å². The number of halogens is 2. The fourth-order valence-electron chi connectivity index (χ4n) is 3.81. The molecular weight excluding hydrogens is 393 g/mol. The van der Waals surface area contributed by atoms with Gasteiger partial charge in [0.05, 0.1) is 17.0 Å². The van der Waals surface area contributed by atoms with Crippen molar-refractivity contribution < 1.29 is 9.21 Å². The number of amides is 1. The van der Waals surface area contributed by atoms with Crippen LogP contribution < -0.4 is 5.32 Å². The van der Waals surface area contributed by atoms with Crippen molar-refractivity contribution in [2.75, 3.05) is 26.2 Å². The van der Waals surface area contributed by atoms with Crippen molar-refractivity contribution in [1.82, 2.24) is 15.2 Å². The van der Waals surface area contributed by atoms with Gasteiger partial charge in [0.2, 0.25) is 11.8 Å². The van der Waals surface area contributed by atoms with E-state index in [1.54, 1.807) is 11.3 Å². The van der Waals surface area contributed by atoms with E-state index >= 15 is 0 Å². The van der Waals surface area contributed by atoms with Crippen LogP contribution in [-0.4, -0.2) is 42.0 Å². The van der Waals surface area contributed by atoms with E-state index in [9.17, 15) is 4.79 Å². The number of aromatic nitrogens is 1. The zero-order chi connectivity index (χ0) is 16.6. The third-order valence-corrected chi connectivity index (χ3v) is 6.31. The fraction of sp³-hybridized carbons (Fsp3) is 0.556. The first-order chi connectivity index (χ1) is 11.7. The number of thiophene rings is 1. The van der Waals surface area contributed by atoms with Crippen LogP contribution in [0.25, 0.3) is 10.8 Å². The number of oxazole rings is 1. The molecule has 0 unspecified atom stereocenters. The summed E-state index contributed by atoms with van der Waals surface area (Å²) in [6, 6.07) is 3.97. The third kappa shape index (κ3) is 4.25. The molecular formula is C18H25Cl2N3O2S. The van der Waals surface area contributed by atoms with E-state index in [2.05, 4.69) is 10.3 Å². The van der Waals surface area contributed by atoms with Gasteiger partial charge in [0.15, 0.2) is 0 Å². The van der Waals surface area contributed by atoms with Crippen LogP contribution in [0.3, 0.4) is 0 Å². The molecule has 1 N–H and O–H groups in total. The zero-order valence-electron chi connectivity index (χ0n) is 14.8. The summed E-state index contributed by atoms with van der Waals surface area (Å²) in [6.45, 7) is 5.87. The van der Waals surface area contributed by atoms with E-state index in [-0.39, 0.29) is 30.7 Å². The van der Waals surface area contributed by atoms with Crippen molar-refractivity contribution in [3.8, 4) is 10.8 Å². The topological polar surface area (TPSA) is 58.4 Å². The highest BCUT2D eigenvalue weighted by molar-refractivity contribution is 7.13. The number of likely N-dealkylation sites (tertiary alicyclic amines) is 1. The first-order valence-electron chi connectivity index (χ1n) is 8.64. The van der Waals surface area contributed by atoms with Crippen LogP contribution in [0.4, 0.5) is 0 Å². The van der Waals surface area contributed by atoms with Gasteiger partial charge in [0.25, 0.3) is 0 Å². The van der Waals surface area contributed by atoms with E-state index in [0.29, 0.717) is 17.7 Å². The Hall–Kier alpha value is -1.08. The first-order valence-corrected chi connectivity index (χ1v) is 9.52. The summed E-state index contributed by atoms with van der Waals surface area (Å²) in [5, 5.41) is 5.47. The van der Waals surface area contributed by atoms with Gasteiger partial charge in [-0.05, 0) is 49.6 Å². The first kappa shape index (κ1) is 21.2. The number of hydrogen-bond acceptors (Lipinski definition) is 5. The fourth-order valence-corrected chi connectivity index (χ4v) is 4.45. The minimum atomic E-state index is 0. The summed E-state index contributed by atoms with van der Waals surface area (Å²) in [6.07, 6.45) is 3.82. The van der Waals surface area contributed by atoms with Gasteiger partial charge >= 0.3 is 0 Å². The minimum Gasteiger partial charge on any atom is -0.440 e. The molecule has 0 atom stereocenters. The molecule has 8 heteroatoms. The lowest BCUT2D eigenvalue weighted by Gasteiger charge is -2.38. The highest BCUT2D eigenvalue weighted by Crippen LogP contribution is 2.37. The smallest absolute Gasteiger partial charge is 0.236 e. The quantitative estimate of drug-likeness (QED) is 0.826. The molecule has 2 aromatic rings. The molecule has 2 aliphatic rings. The van der Waals surface area contributed by atoms with E-state index in [0.717, 1.165) is 55.4 Å². The van der Waals surface area contributed by atoms with Crippen molar-refractivity contribution in [2.45, 2.75) is 32.6 Å². The van der Waals surface area contributed by atoms with Gasteiger partial charge in [-0.25, -0.2) is 4.98 Å². The van der Waals surface area contributed by atoms with Gasteiger partial charge in [-0.15, -0.1) is 36.2 Å². The lowest BCUT2D eigenvalue weighted by atomic mass is 9.78. The minimum absolute atomic E-state index is 0. The molecule has 4 rings (SSSR count). The molecule has 0 aromatic carbocycles. The molecule has 5 nitrogen and oxygen atoms in total. The van der Waals surface area contributed by atoms with E-state index < -0.39 is 0 Å². The van der Waals surface area contributed by atoms with Crippen LogP contribution in [0.1, 0.15) is 30.7 Å². The largest absolute Gasteiger partial charge is 0.440 e. The molecule has 4 heterocycles. The maximum Gasteiger partial charge on any atom is 0.236 e. The molecule has 2 saturated heterocycles. The Bertz CT molecular complexity index is 717. The Kier molecular flexibility index (Phi) is 7.13. The molecule has 0 aliphatic carbocycles. The number of carbonyl (C=O) groups is 1. The van der Waals surface area contributed by atoms with E-state index in [4.69, 9.17) is 4.42 Å². The monoisotopic (exact) mass is 417 g/mol. The molecule has 2 aromatic heterocycles. The summed E-state index contributed by atoms with van der Waals surface area (Å²) in [7, 11) is 0. The standard InChI is InChI=1S/C18H23N3O2S.2ClH/c1-13-14(20-17(23-13)15-3-2-10-24-15)11-16(22)21-8-5-18(6-9-21)4-7-19-12-18;;/h2-3,10,19H,4-9,11-12H2,1H3;2*1H. The van der Waals surface area contributed by atoms with Gasteiger partial charge in [-0.1, -0.05) is 6.07 Å². The molecule has 26 heavy (non-hydrogen) atoms. The summed E-state index contributed by atoms with van der Waals surface area (Å²) in [5.74, 6) is 1.55. The van der Waals surface area contributed by atoms with Crippen molar-refractivity contribution >= 4 is 42.1 Å². The van der Waals surface area contributed by atoms with Crippen molar-refractivity contribution in [3.63, 3.8) is 0 Å². The highest BCUT2D eigenvalue weighted by atomic mass is 35.5. The third-order valence-electron chi connectivity index (χ3n) is 5.45. The van der Waals surface area contributed by atoms with Crippen LogP contribution in [0.15, 0.2) is 21.9 Å². The molecule has 2 fully saturated rings. The Morgan fingerprint density at radius 2 is 2.12 bits per heavy atom. The normalized spacial score (nSPS) is 18.4. The van der Waals surface area contributed by atoms with Crippen LogP contribution in [0.5, 0.6) is 0 Å². The Morgan fingerprint density at radius 1 is 1.35 bits per heavy atom. The Balaban J connectivity index is 0.00000121. The predicted molar refractivity (Wildman–Crippen MR) is 108 cm³/mol. The van der Waals surface area contributed by atoms with E-state index in [1.165, 1.54) is 6.42 Å². The van der Waals surface area contributed by atoms with Crippen molar-refractivity contribution in [1.29, 1.82) is 0 Å². The van der Waals surface area contributed by atoms with Crippen molar-refractivity contribution in [3.05, 3.63) is 29.0 Å². The number of hydrogen-bond donors (Lipinski definition) is 1. The Labute approximate surface area is 170 Å². The number of nitrogens with one attached hydrogen (secondary N) is 1. The van der Waals surface area contributed by atoms with Gasteiger partial charge < -0.3 is 14.6 Å². The summed E-state index contributed by atoms with van der Waals surface area (Å²) >= 11 is 1.60. The SMILES string of the molecule is Cc1oc(-c2cccs2)nc1CC(=O)N1CCC2(CCNC2)CC1.Cl.Cl. The van der Waals surface area contributed by atoms with Gasteiger partial charge in [0, 0.05) is 19.6 Å². The highest BCUT2D eigenvalue weighted by Gasteiger charge is 2.38. The van der Waals surface area contributed by atoms with Gasteiger partial charge in [-0.3, -0.25) is 4.79 Å². The maximum atomic E-state index is 12.7. The van der Waals surface area contributed by atoms with Crippen LogP contribution in [0.2, 0.25) is 0 Å². The van der Waals surface area contributed by atoms with Gasteiger partial charge in [0.1, 0.15) is 5.76 Å². The lowest BCUT2D eigenvalue weighted by Crippen LogP contribution is -2.44. The molecule has 144 valence electrons.